The predicted molar refractivity (Wildman–Crippen MR) is 110 cm³/mol. The monoisotopic (exact) mass is 391 g/mol. The number of nitrogens with one attached hydrogen (secondary N) is 1. The maximum Gasteiger partial charge on any atom is 0.225 e. The van der Waals surface area contributed by atoms with Crippen molar-refractivity contribution >= 4 is 33.4 Å². The van der Waals surface area contributed by atoms with Gasteiger partial charge in [0.2, 0.25) is 16.9 Å². The molecule has 5 heteroatoms. The third-order valence-corrected chi connectivity index (χ3v) is 4.90. The summed E-state index contributed by atoms with van der Waals surface area (Å²) >= 11 is 0. The van der Waals surface area contributed by atoms with E-state index in [-0.39, 0.29) is 18.3 Å². The Kier molecular flexibility index (Phi) is 5.93. The first-order chi connectivity index (χ1) is 13.2. The van der Waals surface area contributed by atoms with Gasteiger partial charge in [0, 0.05) is 36.3 Å². The van der Waals surface area contributed by atoms with Crippen molar-refractivity contribution in [3.05, 3.63) is 72.8 Å². The van der Waals surface area contributed by atoms with Crippen LogP contribution < -0.4 is 28.0 Å². The molecule has 28 heavy (non-hydrogen) atoms. The van der Waals surface area contributed by atoms with Gasteiger partial charge in [0.05, 0.1) is 10.8 Å². The van der Waals surface area contributed by atoms with Crippen molar-refractivity contribution in [2.75, 3.05) is 11.9 Å². The van der Waals surface area contributed by atoms with Crippen LogP contribution in [0.15, 0.2) is 72.8 Å². The van der Waals surface area contributed by atoms with Crippen LogP contribution in [0, 0.1) is 0 Å². The van der Waals surface area contributed by atoms with E-state index < -0.39 is 0 Å². The van der Waals surface area contributed by atoms with Crippen molar-refractivity contribution in [1.29, 1.82) is 0 Å². The summed E-state index contributed by atoms with van der Waals surface area (Å²) in [6, 6.07) is 24.9. The molecule has 0 saturated carbocycles. The van der Waals surface area contributed by atoms with Gasteiger partial charge in [0.1, 0.15) is 7.05 Å². The number of anilines is 1. The molecule has 0 aliphatic rings. The summed E-state index contributed by atoms with van der Waals surface area (Å²) in [6.45, 7) is 0.350. The molecule has 0 aliphatic heterocycles. The first-order valence-electron chi connectivity index (χ1n) is 9.09. The number of para-hydroxylation sites is 2. The zero-order valence-corrected chi connectivity index (χ0v) is 16.4. The van der Waals surface area contributed by atoms with Crippen LogP contribution in [0.1, 0.15) is 6.42 Å². The molecular formula is C23H22ClN3O. The molecule has 3 N–H and O–H groups in total. The molecule has 1 heterocycles. The minimum atomic E-state index is -0.0621. The summed E-state index contributed by atoms with van der Waals surface area (Å²) in [5.74, 6) is -0.0621. The summed E-state index contributed by atoms with van der Waals surface area (Å²) in [6.07, 6.45) is 0.326. The number of hydrogen-bond donors (Lipinski definition) is 2. The Morgan fingerprint density at radius 3 is 1.96 bits per heavy atom. The lowest BCUT2D eigenvalue weighted by atomic mass is 9.95. The Morgan fingerprint density at radius 1 is 0.893 bits per heavy atom. The highest BCUT2D eigenvalue weighted by Crippen LogP contribution is 2.34. The van der Waals surface area contributed by atoms with Crippen molar-refractivity contribution < 1.29 is 21.8 Å². The molecule has 142 valence electrons. The summed E-state index contributed by atoms with van der Waals surface area (Å²) in [7, 11) is 2.10. The van der Waals surface area contributed by atoms with E-state index >= 15 is 0 Å². The van der Waals surface area contributed by atoms with Gasteiger partial charge in [-0.1, -0.05) is 36.4 Å². The molecule has 0 bridgehead atoms. The number of nitrogens with two attached hydrogens (primary N) is 1. The molecule has 0 spiro atoms. The standard InChI is InChI=1S/C23H21N3O.ClH/c1-26-20-8-4-2-6-18(20)23(19-7-3-5-9-21(19)26)16-10-12-17(13-11-16)25-22(27)14-15-24;/h2-13H,14-15,24H2,1H3;1H. The zero-order valence-electron chi connectivity index (χ0n) is 15.7. The minimum absolute atomic E-state index is 0. The summed E-state index contributed by atoms with van der Waals surface area (Å²) in [4.78, 5) is 11.8. The normalized spacial score (nSPS) is 10.6. The average molecular weight is 392 g/mol. The molecule has 4 nitrogen and oxygen atoms in total. The topological polar surface area (TPSA) is 59.0 Å². The van der Waals surface area contributed by atoms with Crippen LogP contribution in [0.2, 0.25) is 0 Å². The first-order valence-corrected chi connectivity index (χ1v) is 9.09. The molecule has 0 aliphatic carbocycles. The summed E-state index contributed by atoms with van der Waals surface area (Å²) in [5, 5.41) is 5.30. The van der Waals surface area contributed by atoms with Gasteiger partial charge in [-0.25, -0.2) is 0 Å². The van der Waals surface area contributed by atoms with E-state index in [1.165, 1.54) is 27.4 Å². The number of carbonyl (C=O) groups excluding carboxylic acids is 1. The number of halogens is 1. The lowest BCUT2D eigenvalue weighted by Crippen LogP contribution is -3.00. The fraction of sp³-hybridized carbons (Fsp3) is 0.130. The molecular weight excluding hydrogens is 370 g/mol. The Morgan fingerprint density at radius 2 is 1.43 bits per heavy atom. The van der Waals surface area contributed by atoms with Crippen molar-refractivity contribution in [2.24, 2.45) is 12.8 Å². The highest BCUT2D eigenvalue weighted by Gasteiger charge is 2.18. The molecule has 0 unspecified atom stereocenters. The van der Waals surface area contributed by atoms with E-state index in [1.807, 2.05) is 12.1 Å². The Bertz CT molecular complexity index is 1080. The van der Waals surface area contributed by atoms with Crippen LogP contribution in [0.25, 0.3) is 32.9 Å². The molecule has 1 aromatic heterocycles. The van der Waals surface area contributed by atoms with Crippen LogP contribution in [0.4, 0.5) is 5.69 Å². The highest BCUT2D eigenvalue weighted by atomic mass is 35.5. The number of pyridine rings is 1. The first kappa shape index (κ1) is 19.8. The lowest BCUT2D eigenvalue weighted by Gasteiger charge is -2.11. The number of benzene rings is 3. The highest BCUT2D eigenvalue weighted by molar-refractivity contribution is 6.07. The number of hydrogen-bond acceptors (Lipinski definition) is 2. The van der Waals surface area contributed by atoms with Crippen molar-refractivity contribution in [2.45, 2.75) is 6.42 Å². The zero-order chi connectivity index (χ0) is 18.8. The Balaban J connectivity index is 0.00000225. The number of fused-ring (bicyclic) bond motifs is 2. The molecule has 0 atom stereocenters. The van der Waals surface area contributed by atoms with Gasteiger partial charge in [-0.05, 0) is 29.8 Å². The van der Waals surface area contributed by atoms with Crippen molar-refractivity contribution in [3.8, 4) is 11.1 Å². The van der Waals surface area contributed by atoms with E-state index in [2.05, 4.69) is 77.6 Å². The summed E-state index contributed by atoms with van der Waals surface area (Å²) < 4.78 is 2.23. The van der Waals surface area contributed by atoms with Crippen LogP contribution >= 0.6 is 0 Å². The van der Waals surface area contributed by atoms with Crippen LogP contribution in [0.3, 0.4) is 0 Å². The number of amides is 1. The minimum Gasteiger partial charge on any atom is -1.00 e. The predicted octanol–water partition coefficient (Wildman–Crippen LogP) is 0.776. The Hall–Kier alpha value is -2.95. The molecule has 4 rings (SSSR count). The van der Waals surface area contributed by atoms with Gasteiger partial charge in [-0.2, -0.15) is 4.57 Å². The molecule has 0 radical (unpaired) electrons. The van der Waals surface area contributed by atoms with Crippen molar-refractivity contribution in [3.63, 3.8) is 0 Å². The van der Waals surface area contributed by atoms with Gasteiger partial charge < -0.3 is 23.5 Å². The molecule has 0 saturated heterocycles. The second-order valence-corrected chi connectivity index (χ2v) is 6.63. The Labute approximate surface area is 170 Å². The SMILES string of the molecule is C[n+]1c2ccccc2c(-c2ccc(NC(=O)CCN)cc2)c2ccccc21.[Cl-]. The van der Waals surface area contributed by atoms with Gasteiger partial charge in [-0.15, -0.1) is 0 Å². The van der Waals surface area contributed by atoms with Gasteiger partial charge >= 0.3 is 0 Å². The molecule has 0 fully saturated rings. The van der Waals surface area contributed by atoms with Gasteiger partial charge in [0.15, 0.2) is 0 Å². The van der Waals surface area contributed by atoms with E-state index in [4.69, 9.17) is 5.73 Å². The lowest BCUT2D eigenvalue weighted by molar-refractivity contribution is -0.617. The van der Waals surface area contributed by atoms with E-state index in [9.17, 15) is 4.79 Å². The van der Waals surface area contributed by atoms with Crippen molar-refractivity contribution in [1.82, 2.24) is 0 Å². The maximum atomic E-state index is 11.8. The van der Waals surface area contributed by atoms with Gasteiger partial charge in [0.25, 0.3) is 0 Å². The molecule has 4 aromatic rings. The number of aromatic nitrogens is 1. The number of nitrogens with zero attached hydrogens (tertiary/aromatic N) is 1. The molecule has 1 amide bonds. The third kappa shape index (κ3) is 3.57. The number of carbonyl (C=O) groups is 1. The number of rotatable bonds is 4. The average Bonchev–Trinajstić information content (AvgIpc) is 2.70. The van der Waals surface area contributed by atoms with Gasteiger partial charge in [-0.3, -0.25) is 4.79 Å². The van der Waals surface area contributed by atoms with Crippen LogP contribution in [-0.2, 0) is 11.8 Å². The number of aryl methyl sites for hydroxylation is 1. The largest absolute Gasteiger partial charge is 1.00 e. The third-order valence-electron chi connectivity index (χ3n) is 4.90. The fourth-order valence-corrected chi connectivity index (χ4v) is 3.62. The van der Waals surface area contributed by atoms with E-state index in [0.717, 1.165) is 11.3 Å². The quantitative estimate of drug-likeness (QED) is 0.399. The maximum absolute atomic E-state index is 11.8. The second kappa shape index (κ2) is 8.38. The van der Waals surface area contributed by atoms with E-state index in [1.54, 1.807) is 0 Å². The van der Waals surface area contributed by atoms with E-state index in [0.29, 0.717) is 13.0 Å². The fourth-order valence-electron chi connectivity index (χ4n) is 3.62. The van der Waals surface area contributed by atoms with Crippen LogP contribution in [0.5, 0.6) is 0 Å². The smallest absolute Gasteiger partial charge is 0.225 e. The second-order valence-electron chi connectivity index (χ2n) is 6.63. The molecule has 3 aromatic carbocycles. The van der Waals surface area contributed by atoms with Crippen LogP contribution in [-0.4, -0.2) is 12.5 Å². The summed E-state index contributed by atoms with van der Waals surface area (Å²) in [5.41, 5.74) is 10.9.